The number of rotatable bonds is 10. The van der Waals surface area contributed by atoms with Gasteiger partial charge in [-0.1, -0.05) is 46.2 Å². The van der Waals surface area contributed by atoms with E-state index < -0.39 is 0 Å². The fourth-order valence-corrected chi connectivity index (χ4v) is 3.04. The molecule has 1 aromatic carbocycles. The molecule has 0 radical (unpaired) electrons. The second-order valence-electron chi connectivity index (χ2n) is 6.61. The van der Waals surface area contributed by atoms with Crippen molar-refractivity contribution in [3.8, 4) is 0 Å². The van der Waals surface area contributed by atoms with Gasteiger partial charge in [0.2, 0.25) is 0 Å². The molecule has 0 bridgehead atoms. The third-order valence-corrected chi connectivity index (χ3v) is 4.24. The second kappa shape index (κ2) is 9.09. The Morgan fingerprint density at radius 2 is 1.71 bits per heavy atom. The summed E-state index contributed by atoms with van der Waals surface area (Å²) < 4.78 is 0. The smallest absolute Gasteiger partial charge is 0.0363 e. The summed E-state index contributed by atoms with van der Waals surface area (Å²) in [6.07, 6.45) is 4.82. The van der Waals surface area contributed by atoms with Crippen LogP contribution < -0.4 is 10.2 Å². The van der Waals surface area contributed by atoms with Crippen LogP contribution in [0.5, 0.6) is 0 Å². The highest BCUT2D eigenvalue weighted by Crippen LogP contribution is 2.26. The fraction of sp³-hybridized carbons (Fsp3) is 0.684. The molecule has 1 unspecified atom stereocenters. The maximum absolute atomic E-state index is 3.61. The lowest BCUT2D eigenvalue weighted by Crippen LogP contribution is -2.41. The van der Waals surface area contributed by atoms with Gasteiger partial charge in [0.25, 0.3) is 0 Å². The van der Waals surface area contributed by atoms with Crippen LogP contribution >= 0.6 is 0 Å². The average Bonchev–Trinajstić information content (AvgIpc) is 2.47. The van der Waals surface area contributed by atoms with E-state index in [2.05, 4.69) is 69.2 Å². The highest BCUT2D eigenvalue weighted by molar-refractivity contribution is 5.47. The van der Waals surface area contributed by atoms with Crippen LogP contribution in [-0.4, -0.2) is 26.7 Å². The summed E-state index contributed by atoms with van der Waals surface area (Å²) >= 11 is 0. The maximum Gasteiger partial charge on any atom is 0.0363 e. The number of hydrogen-bond acceptors (Lipinski definition) is 2. The fourth-order valence-electron chi connectivity index (χ4n) is 3.04. The highest BCUT2D eigenvalue weighted by atomic mass is 15.1. The standard InChI is InChI=1S/C19H34N2/c1-6-13-19(4,15-20-14-7-2)16-21(5)18-11-9-17(8-3)10-12-18/h9-12,20H,6-8,13-16H2,1-5H3. The molecule has 0 amide bonds. The lowest BCUT2D eigenvalue weighted by Gasteiger charge is -2.35. The van der Waals surface area contributed by atoms with E-state index in [1.165, 1.54) is 30.5 Å². The predicted octanol–water partition coefficient (Wildman–Crippen LogP) is 4.49. The van der Waals surface area contributed by atoms with Gasteiger partial charge < -0.3 is 10.2 Å². The van der Waals surface area contributed by atoms with Gasteiger partial charge in [-0.15, -0.1) is 0 Å². The molecule has 0 saturated carbocycles. The summed E-state index contributed by atoms with van der Waals surface area (Å²) in [6.45, 7) is 12.5. The zero-order valence-corrected chi connectivity index (χ0v) is 14.7. The first-order valence-corrected chi connectivity index (χ1v) is 8.55. The van der Waals surface area contributed by atoms with E-state index >= 15 is 0 Å². The predicted molar refractivity (Wildman–Crippen MR) is 95.3 cm³/mol. The van der Waals surface area contributed by atoms with Crippen LogP contribution in [0.4, 0.5) is 5.69 Å². The Hall–Kier alpha value is -1.02. The molecular formula is C19H34N2. The minimum atomic E-state index is 0.335. The summed E-state index contributed by atoms with van der Waals surface area (Å²) in [5.41, 5.74) is 3.07. The molecule has 0 fully saturated rings. The van der Waals surface area contributed by atoms with Gasteiger partial charge in [-0.2, -0.15) is 0 Å². The molecule has 2 heteroatoms. The van der Waals surface area contributed by atoms with E-state index in [4.69, 9.17) is 0 Å². The summed E-state index contributed by atoms with van der Waals surface area (Å²) in [7, 11) is 2.22. The van der Waals surface area contributed by atoms with Crippen LogP contribution in [0, 0.1) is 5.41 Å². The molecule has 1 atom stereocenters. The highest BCUT2D eigenvalue weighted by Gasteiger charge is 2.24. The molecule has 1 aromatic rings. The van der Waals surface area contributed by atoms with Gasteiger partial charge in [-0.25, -0.2) is 0 Å². The van der Waals surface area contributed by atoms with Gasteiger partial charge in [0.1, 0.15) is 0 Å². The number of aryl methyl sites for hydroxylation is 1. The summed E-state index contributed by atoms with van der Waals surface area (Å²) in [5, 5.41) is 3.61. The molecule has 1 rings (SSSR count). The van der Waals surface area contributed by atoms with Gasteiger partial charge in [0, 0.05) is 25.8 Å². The van der Waals surface area contributed by atoms with E-state index in [1.54, 1.807) is 0 Å². The molecular weight excluding hydrogens is 256 g/mol. The Balaban J connectivity index is 2.67. The van der Waals surface area contributed by atoms with Crippen LogP contribution in [-0.2, 0) is 6.42 Å². The topological polar surface area (TPSA) is 15.3 Å². The first kappa shape index (κ1) is 18.0. The first-order chi connectivity index (χ1) is 10.0. The molecule has 21 heavy (non-hydrogen) atoms. The van der Waals surface area contributed by atoms with Crippen molar-refractivity contribution in [1.29, 1.82) is 0 Å². The molecule has 1 N–H and O–H groups in total. The molecule has 0 spiro atoms. The number of nitrogens with one attached hydrogen (secondary N) is 1. The monoisotopic (exact) mass is 290 g/mol. The Morgan fingerprint density at radius 1 is 1.05 bits per heavy atom. The normalized spacial score (nSPS) is 14.0. The number of benzene rings is 1. The quantitative estimate of drug-likeness (QED) is 0.639. The Labute approximate surface area is 131 Å². The van der Waals surface area contributed by atoms with Crippen LogP contribution in [0.1, 0.15) is 52.5 Å². The first-order valence-electron chi connectivity index (χ1n) is 8.55. The largest absolute Gasteiger partial charge is 0.374 e. The van der Waals surface area contributed by atoms with Crippen molar-refractivity contribution >= 4 is 5.69 Å². The minimum Gasteiger partial charge on any atom is -0.374 e. The van der Waals surface area contributed by atoms with Crippen LogP contribution in [0.15, 0.2) is 24.3 Å². The van der Waals surface area contributed by atoms with E-state index in [1.807, 2.05) is 0 Å². The molecule has 0 aliphatic carbocycles. The number of nitrogens with zero attached hydrogens (tertiary/aromatic N) is 1. The third-order valence-electron chi connectivity index (χ3n) is 4.24. The Morgan fingerprint density at radius 3 is 2.24 bits per heavy atom. The van der Waals surface area contributed by atoms with Crippen LogP contribution in [0.2, 0.25) is 0 Å². The third kappa shape index (κ3) is 6.09. The van der Waals surface area contributed by atoms with E-state index in [0.717, 1.165) is 26.1 Å². The van der Waals surface area contributed by atoms with E-state index in [-0.39, 0.29) is 0 Å². The SMILES string of the molecule is CCCNCC(C)(CCC)CN(C)c1ccc(CC)cc1. The van der Waals surface area contributed by atoms with Crippen molar-refractivity contribution in [2.75, 3.05) is 31.6 Å². The van der Waals surface area contributed by atoms with Gasteiger partial charge in [0.05, 0.1) is 0 Å². The van der Waals surface area contributed by atoms with Gasteiger partial charge >= 0.3 is 0 Å². The maximum atomic E-state index is 3.61. The Bertz CT molecular complexity index is 385. The second-order valence-corrected chi connectivity index (χ2v) is 6.61. The molecule has 2 nitrogen and oxygen atoms in total. The van der Waals surface area contributed by atoms with Crippen molar-refractivity contribution in [1.82, 2.24) is 5.32 Å². The molecule has 0 aromatic heterocycles. The minimum absolute atomic E-state index is 0.335. The molecule has 0 saturated heterocycles. The van der Waals surface area contributed by atoms with E-state index in [0.29, 0.717) is 5.41 Å². The molecule has 0 heterocycles. The van der Waals surface area contributed by atoms with Crippen LogP contribution in [0.3, 0.4) is 0 Å². The molecule has 0 aliphatic heterocycles. The van der Waals surface area contributed by atoms with Crippen molar-refractivity contribution in [3.05, 3.63) is 29.8 Å². The molecule has 0 aliphatic rings. The van der Waals surface area contributed by atoms with Gasteiger partial charge in [-0.3, -0.25) is 0 Å². The average molecular weight is 290 g/mol. The van der Waals surface area contributed by atoms with Gasteiger partial charge in [0.15, 0.2) is 0 Å². The lowest BCUT2D eigenvalue weighted by atomic mass is 9.84. The zero-order valence-electron chi connectivity index (χ0n) is 14.7. The Kier molecular flexibility index (Phi) is 7.81. The van der Waals surface area contributed by atoms with Crippen LogP contribution in [0.25, 0.3) is 0 Å². The van der Waals surface area contributed by atoms with E-state index in [9.17, 15) is 0 Å². The zero-order chi connectivity index (χ0) is 15.7. The lowest BCUT2D eigenvalue weighted by molar-refractivity contribution is 0.284. The van der Waals surface area contributed by atoms with Gasteiger partial charge in [-0.05, 0) is 48.9 Å². The summed E-state index contributed by atoms with van der Waals surface area (Å²) in [4.78, 5) is 2.41. The van der Waals surface area contributed by atoms with Crippen molar-refractivity contribution in [2.45, 2.75) is 53.4 Å². The van der Waals surface area contributed by atoms with Crippen molar-refractivity contribution in [2.24, 2.45) is 5.41 Å². The number of hydrogen-bond donors (Lipinski definition) is 1. The van der Waals surface area contributed by atoms with Crippen molar-refractivity contribution < 1.29 is 0 Å². The van der Waals surface area contributed by atoms with Crippen molar-refractivity contribution in [3.63, 3.8) is 0 Å². The summed E-state index contributed by atoms with van der Waals surface area (Å²) in [5.74, 6) is 0. The summed E-state index contributed by atoms with van der Waals surface area (Å²) in [6, 6.07) is 9.01. The molecule has 120 valence electrons. The number of anilines is 1.